The van der Waals surface area contributed by atoms with Crippen molar-refractivity contribution in [3.05, 3.63) is 108 Å². The number of phenolic OH excluding ortho intramolecular Hbond substituents is 1. The van der Waals surface area contributed by atoms with E-state index in [4.69, 9.17) is 16.2 Å². The number of nitrogens with one attached hydrogen (secondary N) is 5. The summed E-state index contributed by atoms with van der Waals surface area (Å²) in [7, 11) is 0. The maximum atomic E-state index is 14.6. The highest BCUT2D eigenvalue weighted by Crippen LogP contribution is 2.28. The Morgan fingerprint density at radius 1 is 0.711 bits per heavy atom. The molecule has 0 radical (unpaired) electrons. The van der Waals surface area contributed by atoms with E-state index in [9.17, 15) is 38.7 Å². The highest BCUT2D eigenvalue weighted by Gasteiger charge is 2.43. The molecule has 0 unspecified atom stereocenters. The first-order valence-corrected chi connectivity index (χ1v) is 26.9. The summed E-state index contributed by atoms with van der Waals surface area (Å²) in [6.45, 7) is 7.01. The Bertz CT molecular complexity index is 2630. The largest absolute Gasteiger partial charge is 0.508 e. The first-order valence-electron chi connectivity index (χ1n) is 26.9. The minimum atomic E-state index is -1.16. The van der Waals surface area contributed by atoms with Gasteiger partial charge >= 0.3 is 0 Å². The van der Waals surface area contributed by atoms with Crippen LogP contribution in [-0.4, -0.2) is 131 Å². The molecule has 3 aliphatic heterocycles. The number of hydrogen-bond acceptors (Lipinski definition) is 11. The predicted molar refractivity (Wildman–Crippen MR) is 289 cm³/mol. The van der Waals surface area contributed by atoms with E-state index in [-0.39, 0.29) is 57.5 Å². The second-order valence-electron chi connectivity index (χ2n) is 20.5. The maximum Gasteiger partial charge on any atom is 0.251 e. The van der Waals surface area contributed by atoms with Gasteiger partial charge < -0.3 is 57.7 Å². The summed E-state index contributed by atoms with van der Waals surface area (Å²) in [6, 6.07) is 22.6. The molecule has 3 aliphatic rings. The Kier molecular flexibility index (Phi) is 20.0. The molecule has 406 valence electrons. The lowest BCUT2D eigenvalue weighted by Crippen LogP contribution is -2.60. The topological polar surface area (TPSA) is 268 Å². The molecular weight excluding hydrogens is 967 g/mol. The standard InChI is InChI=1S/C58H75N9O9/c1-4-33-76-45-27-23-41(24-28-45)39-17-15-38(16-18-39)40-19-21-42(22-20-40)52(69)62-46-10-7-31-61-55(72)50-34-43(60)35-67(50)57(74)48(9-5-6-30-59)64-53(70)47(29-14-37-12-25-44(68)26-13-37)63-56(73)49-11-8-32-66(49)58(75)51(36(2)3)65-54(46)71/h12-13,15-28,36,43,46-51,68H,4-11,14,29-35,59-60H2,1-3H3,(H,61,72)(H,62,69)(H,63,73)(H,64,70)(H,65,71)/t43-,46-,47-,48-,49-,50-,51-/m0/s1. The number of benzene rings is 4. The van der Waals surface area contributed by atoms with Crippen LogP contribution in [0.1, 0.15) is 101 Å². The van der Waals surface area contributed by atoms with Crippen molar-refractivity contribution in [3.8, 4) is 33.8 Å². The number of aryl methyl sites for hydroxylation is 1. The van der Waals surface area contributed by atoms with Crippen molar-refractivity contribution >= 4 is 41.4 Å². The van der Waals surface area contributed by atoms with Crippen LogP contribution in [0.25, 0.3) is 22.3 Å². The first kappa shape index (κ1) is 56.4. The molecule has 18 nitrogen and oxygen atoms in total. The van der Waals surface area contributed by atoms with Crippen molar-refractivity contribution in [1.82, 2.24) is 36.4 Å². The summed E-state index contributed by atoms with van der Waals surface area (Å²) in [4.78, 5) is 103. The number of rotatable bonds is 15. The van der Waals surface area contributed by atoms with Crippen molar-refractivity contribution in [3.63, 3.8) is 0 Å². The van der Waals surface area contributed by atoms with E-state index in [1.165, 1.54) is 21.9 Å². The lowest BCUT2D eigenvalue weighted by atomic mass is 9.99. The summed E-state index contributed by atoms with van der Waals surface area (Å²) < 4.78 is 5.73. The van der Waals surface area contributed by atoms with Gasteiger partial charge in [0.1, 0.15) is 47.8 Å². The molecule has 0 aliphatic carbocycles. The van der Waals surface area contributed by atoms with Gasteiger partial charge in [0.05, 0.1) is 6.61 Å². The van der Waals surface area contributed by atoms with Crippen LogP contribution in [0.4, 0.5) is 0 Å². The zero-order chi connectivity index (χ0) is 54.3. The zero-order valence-electron chi connectivity index (χ0n) is 43.9. The number of phenols is 1. The fourth-order valence-corrected chi connectivity index (χ4v) is 10.1. The van der Waals surface area contributed by atoms with Crippen LogP contribution < -0.4 is 42.8 Å². The van der Waals surface area contributed by atoms with E-state index in [2.05, 4.69) is 33.5 Å². The van der Waals surface area contributed by atoms with Gasteiger partial charge in [0.2, 0.25) is 35.4 Å². The second kappa shape index (κ2) is 27.0. The molecule has 0 bridgehead atoms. The van der Waals surface area contributed by atoms with Gasteiger partial charge in [-0.25, -0.2) is 0 Å². The van der Waals surface area contributed by atoms with Gasteiger partial charge in [0.25, 0.3) is 5.91 Å². The van der Waals surface area contributed by atoms with Crippen molar-refractivity contribution in [1.29, 1.82) is 0 Å². The number of carbonyl (C=O) groups is 7. The molecule has 7 atom stereocenters. The number of unbranched alkanes of at least 4 members (excludes halogenated alkanes) is 1. The van der Waals surface area contributed by atoms with Crippen molar-refractivity contribution < 1.29 is 43.4 Å². The number of nitrogens with two attached hydrogens (primary N) is 2. The Morgan fingerprint density at radius 3 is 1.97 bits per heavy atom. The number of fused-ring (bicyclic) bond motifs is 2. The smallest absolute Gasteiger partial charge is 0.251 e. The van der Waals surface area contributed by atoms with Crippen LogP contribution in [0.3, 0.4) is 0 Å². The normalized spacial score (nSPS) is 23.2. The highest BCUT2D eigenvalue weighted by molar-refractivity contribution is 6.00. The van der Waals surface area contributed by atoms with E-state index < -0.39 is 89.6 Å². The van der Waals surface area contributed by atoms with E-state index in [0.29, 0.717) is 50.8 Å². The van der Waals surface area contributed by atoms with Gasteiger partial charge in [-0.15, -0.1) is 0 Å². The van der Waals surface area contributed by atoms with Crippen molar-refractivity contribution in [2.45, 2.75) is 134 Å². The molecule has 0 aromatic heterocycles. The van der Waals surface area contributed by atoms with Crippen LogP contribution in [0.15, 0.2) is 97.1 Å². The van der Waals surface area contributed by atoms with E-state index in [1.54, 1.807) is 38.1 Å². The Hall–Kier alpha value is -7.31. The molecule has 76 heavy (non-hydrogen) atoms. The summed E-state index contributed by atoms with van der Waals surface area (Å²) in [5, 5.41) is 24.4. The van der Waals surface area contributed by atoms with Crippen LogP contribution in [0.2, 0.25) is 0 Å². The lowest BCUT2D eigenvalue weighted by Gasteiger charge is -2.32. The molecule has 3 saturated heterocycles. The third kappa shape index (κ3) is 14.7. The number of amides is 7. The number of aromatic hydroxyl groups is 1. The molecule has 4 aromatic carbocycles. The maximum absolute atomic E-state index is 14.6. The second-order valence-corrected chi connectivity index (χ2v) is 20.5. The fourth-order valence-electron chi connectivity index (χ4n) is 10.1. The molecule has 3 heterocycles. The van der Waals surface area contributed by atoms with Crippen LogP contribution in [0.5, 0.6) is 11.5 Å². The van der Waals surface area contributed by atoms with Crippen LogP contribution in [0, 0.1) is 5.92 Å². The van der Waals surface area contributed by atoms with Crippen molar-refractivity contribution in [2.75, 3.05) is 32.8 Å². The van der Waals surface area contributed by atoms with Gasteiger partial charge in [0, 0.05) is 31.2 Å². The molecule has 7 rings (SSSR count). The van der Waals surface area contributed by atoms with E-state index in [0.717, 1.165) is 40.0 Å². The minimum Gasteiger partial charge on any atom is -0.508 e. The average Bonchev–Trinajstić information content (AvgIpc) is 4.09. The Morgan fingerprint density at radius 2 is 1.34 bits per heavy atom. The molecule has 18 heteroatoms. The highest BCUT2D eigenvalue weighted by atomic mass is 16.5. The van der Waals surface area contributed by atoms with Gasteiger partial charge in [0.15, 0.2) is 0 Å². The Balaban J connectivity index is 1.12. The molecule has 0 saturated carbocycles. The van der Waals surface area contributed by atoms with Gasteiger partial charge in [-0.2, -0.15) is 0 Å². The minimum absolute atomic E-state index is 0.0655. The SMILES string of the molecule is CCCOc1ccc(-c2ccc(-c3ccc(C(=O)N[C@H]4CCCNC(=O)[C@@H]5C[C@H](N)CN5C(=O)[C@H](CCCCN)NC(=O)[C@H](CCc5ccc(O)cc5)NC(=O)[C@@H]5CCCN5C(=O)[C@H](C(C)C)NC4=O)cc3)cc2)cc1. The van der Waals surface area contributed by atoms with Crippen LogP contribution >= 0.6 is 0 Å². The van der Waals surface area contributed by atoms with Gasteiger partial charge in [-0.3, -0.25) is 33.6 Å². The molecule has 10 N–H and O–H groups in total. The molecule has 3 fully saturated rings. The third-order valence-corrected chi connectivity index (χ3v) is 14.5. The quantitative estimate of drug-likeness (QED) is 0.0778. The van der Waals surface area contributed by atoms with Gasteiger partial charge in [-0.05, 0) is 147 Å². The monoisotopic (exact) mass is 1040 g/mol. The molecular formula is C58H75N9O9. The molecule has 0 spiro atoms. The summed E-state index contributed by atoms with van der Waals surface area (Å²) in [5.74, 6) is -3.34. The fraction of sp³-hybridized carbons (Fsp3) is 0.466. The van der Waals surface area contributed by atoms with Crippen molar-refractivity contribution in [2.24, 2.45) is 17.4 Å². The first-order chi connectivity index (χ1) is 36.6. The average molecular weight is 1040 g/mol. The summed E-state index contributed by atoms with van der Waals surface area (Å²) >= 11 is 0. The van der Waals surface area contributed by atoms with E-state index in [1.807, 2.05) is 60.7 Å². The predicted octanol–water partition coefficient (Wildman–Crippen LogP) is 4.31. The molecule has 7 amide bonds. The number of nitrogens with zero attached hydrogens (tertiary/aromatic N) is 2. The Labute approximate surface area is 445 Å². The van der Waals surface area contributed by atoms with Crippen LogP contribution in [-0.2, 0) is 35.2 Å². The molecule has 4 aromatic rings. The zero-order valence-corrected chi connectivity index (χ0v) is 43.9. The lowest BCUT2D eigenvalue weighted by molar-refractivity contribution is -0.143. The number of carbonyl (C=O) groups excluding carboxylic acids is 7. The summed E-state index contributed by atoms with van der Waals surface area (Å²) in [6.07, 6.45) is 3.86. The van der Waals surface area contributed by atoms with E-state index >= 15 is 0 Å². The number of ether oxygens (including phenoxy) is 1. The number of hydrogen-bond donors (Lipinski definition) is 8. The van der Waals surface area contributed by atoms with Gasteiger partial charge in [-0.1, -0.05) is 81.4 Å². The summed E-state index contributed by atoms with van der Waals surface area (Å²) in [5.41, 5.74) is 17.2. The third-order valence-electron chi connectivity index (χ3n) is 14.5.